The van der Waals surface area contributed by atoms with Gasteiger partial charge in [0.2, 0.25) is 0 Å². The first kappa shape index (κ1) is 19.5. The highest BCUT2D eigenvalue weighted by molar-refractivity contribution is 8.19. The van der Waals surface area contributed by atoms with Crippen molar-refractivity contribution in [3.05, 3.63) is 54.1 Å². The van der Waals surface area contributed by atoms with Gasteiger partial charge in [0.25, 0.3) is 5.91 Å². The molecule has 148 valence electrons. The normalized spacial score (nSPS) is 17.5. The second kappa shape index (κ2) is 9.58. The number of nitrogens with one attached hydrogen (secondary N) is 1. The van der Waals surface area contributed by atoms with Gasteiger partial charge in [0.1, 0.15) is 5.75 Å². The van der Waals surface area contributed by atoms with Crippen LogP contribution in [-0.2, 0) is 9.53 Å². The maximum absolute atomic E-state index is 12.3. The maximum Gasteiger partial charge on any atom is 0.262 e. The van der Waals surface area contributed by atoms with E-state index < -0.39 is 0 Å². The Morgan fingerprint density at radius 2 is 1.79 bits per heavy atom. The van der Waals surface area contributed by atoms with Gasteiger partial charge in [-0.3, -0.25) is 4.79 Å². The average Bonchev–Trinajstić information content (AvgIpc) is 3.28. The van der Waals surface area contributed by atoms with E-state index in [2.05, 4.69) is 16.3 Å². The summed E-state index contributed by atoms with van der Waals surface area (Å²) in [5.74, 6) is 2.96. The number of hydrogen-bond acceptors (Lipinski definition) is 6. The summed E-state index contributed by atoms with van der Waals surface area (Å²) < 4.78 is 11.6. The summed E-state index contributed by atoms with van der Waals surface area (Å²) in [6.07, 6.45) is 0. The molecular formula is C21H24N2O3S2. The molecule has 2 aromatic carbocycles. The minimum atomic E-state index is -0.152. The minimum Gasteiger partial charge on any atom is -0.483 e. The molecule has 0 aromatic heterocycles. The zero-order valence-corrected chi connectivity index (χ0v) is 17.3. The lowest BCUT2D eigenvalue weighted by Gasteiger charge is -2.28. The molecule has 0 aliphatic carbocycles. The Bertz CT molecular complexity index is 788. The lowest BCUT2D eigenvalue weighted by molar-refractivity contribution is -0.118. The Morgan fingerprint density at radius 3 is 2.54 bits per heavy atom. The Labute approximate surface area is 174 Å². The summed E-state index contributed by atoms with van der Waals surface area (Å²) >= 11 is 3.86. The fourth-order valence-corrected chi connectivity index (χ4v) is 6.17. The number of anilines is 2. The molecule has 0 atom stereocenters. The summed E-state index contributed by atoms with van der Waals surface area (Å²) in [4.78, 5) is 14.6. The number of benzene rings is 2. The van der Waals surface area contributed by atoms with E-state index in [4.69, 9.17) is 9.47 Å². The Kier molecular flexibility index (Phi) is 6.67. The lowest BCUT2D eigenvalue weighted by Crippen LogP contribution is -2.36. The van der Waals surface area contributed by atoms with Crippen LogP contribution in [0.25, 0.3) is 0 Å². The molecular weight excluding hydrogens is 392 g/mol. The molecule has 1 amide bonds. The first-order chi connectivity index (χ1) is 13.8. The van der Waals surface area contributed by atoms with Gasteiger partial charge in [-0.25, -0.2) is 0 Å². The smallest absolute Gasteiger partial charge is 0.262 e. The molecule has 7 heteroatoms. The van der Waals surface area contributed by atoms with Crippen LogP contribution in [0, 0.1) is 0 Å². The molecule has 1 N–H and O–H groups in total. The van der Waals surface area contributed by atoms with Gasteiger partial charge < -0.3 is 19.7 Å². The topological polar surface area (TPSA) is 50.8 Å². The van der Waals surface area contributed by atoms with Crippen molar-refractivity contribution in [3.8, 4) is 5.75 Å². The first-order valence-electron chi connectivity index (χ1n) is 9.47. The summed E-state index contributed by atoms with van der Waals surface area (Å²) in [6.45, 7) is 3.32. The van der Waals surface area contributed by atoms with Crippen molar-refractivity contribution < 1.29 is 14.3 Å². The third kappa shape index (κ3) is 4.96. The predicted octanol–water partition coefficient (Wildman–Crippen LogP) is 4.02. The van der Waals surface area contributed by atoms with Crippen molar-refractivity contribution in [2.24, 2.45) is 0 Å². The van der Waals surface area contributed by atoms with Gasteiger partial charge in [-0.1, -0.05) is 18.2 Å². The van der Waals surface area contributed by atoms with Crippen molar-refractivity contribution in [3.63, 3.8) is 0 Å². The van der Waals surface area contributed by atoms with Crippen LogP contribution in [0.4, 0.5) is 11.4 Å². The van der Waals surface area contributed by atoms with Crippen LogP contribution < -0.4 is 15.0 Å². The number of carbonyl (C=O) groups is 1. The maximum atomic E-state index is 12.3. The quantitative estimate of drug-likeness (QED) is 0.768. The summed E-state index contributed by atoms with van der Waals surface area (Å²) in [6, 6.07) is 15.9. The van der Waals surface area contributed by atoms with E-state index in [1.807, 2.05) is 66.0 Å². The molecule has 2 aliphatic rings. The molecule has 2 aliphatic heterocycles. The summed E-state index contributed by atoms with van der Waals surface area (Å²) in [5.41, 5.74) is 3.09. The van der Waals surface area contributed by atoms with Gasteiger partial charge in [0, 0.05) is 41.5 Å². The lowest BCUT2D eigenvalue weighted by atomic mass is 10.2. The predicted molar refractivity (Wildman–Crippen MR) is 118 cm³/mol. The van der Waals surface area contributed by atoms with Gasteiger partial charge in [-0.15, -0.1) is 23.5 Å². The van der Waals surface area contributed by atoms with Gasteiger partial charge in [-0.2, -0.15) is 0 Å². The minimum absolute atomic E-state index is 0.00425. The van der Waals surface area contributed by atoms with Crippen molar-refractivity contribution in [2.75, 3.05) is 54.6 Å². The first-order valence-corrected chi connectivity index (χ1v) is 11.6. The van der Waals surface area contributed by atoms with E-state index in [1.54, 1.807) is 0 Å². The largest absolute Gasteiger partial charge is 0.483 e. The van der Waals surface area contributed by atoms with E-state index >= 15 is 0 Å². The number of ether oxygens (including phenoxy) is 2. The van der Waals surface area contributed by atoms with Crippen molar-refractivity contribution in [1.29, 1.82) is 0 Å². The van der Waals surface area contributed by atoms with Crippen LogP contribution in [0.2, 0.25) is 0 Å². The molecule has 4 rings (SSSR count). The average molecular weight is 417 g/mol. The third-order valence-electron chi connectivity index (χ3n) is 4.68. The van der Waals surface area contributed by atoms with Crippen LogP contribution in [0.5, 0.6) is 5.75 Å². The molecule has 5 nitrogen and oxygen atoms in total. The summed E-state index contributed by atoms with van der Waals surface area (Å²) in [5, 5.41) is 2.91. The molecule has 2 saturated heterocycles. The monoisotopic (exact) mass is 416 g/mol. The Hall–Kier alpha value is -1.83. The second-order valence-electron chi connectivity index (χ2n) is 6.59. The molecule has 2 fully saturated rings. The van der Waals surface area contributed by atoms with Crippen molar-refractivity contribution in [1.82, 2.24) is 0 Å². The Morgan fingerprint density at radius 1 is 1.07 bits per heavy atom. The fraction of sp³-hybridized carbons (Fsp3) is 0.381. The fourth-order valence-electron chi connectivity index (χ4n) is 3.26. The van der Waals surface area contributed by atoms with Gasteiger partial charge >= 0.3 is 0 Å². The van der Waals surface area contributed by atoms with Gasteiger partial charge in [0.15, 0.2) is 6.61 Å². The number of hydrogen-bond donors (Lipinski definition) is 1. The molecule has 2 aromatic rings. The third-order valence-corrected chi connectivity index (χ3v) is 7.75. The van der Waals surface area contributed by atoms with Crippen LogP contribution in [0.1, 0.15) is 10.1 Å². The molecule has 0 radical (unpaired) electrons. The van der Waals surface area contributed by atoms with Crippen LogP contribution >= 0.6 is 23.5 Å². The molecule has 28 heavy (non-hydrogen) atoms. The van der Waals surface area contributed by atoms with E-state index in [1.165, 1.54) is 0 Å². The molecule has 2 heterocycles. The SMILES string of the molecule is O=C(COc1ccccc1C1SCCS1)Nc1ccc(N2CCOCC2)cc1. The van der Waals surface area contributed by atoms with Crippen molar-refractivity contribution >= 4 is 40.8 Å². The summed E-state index contributed by atoms with van der Waals surface area (Å²) in [7, 11) is 0. The molecule has 0 spiro atoms. The van der Waals surface area contributed by atoms with Gasteiger partial charge in [0.05, 0.1) is 17.8 Å². The standard InChI is InChI=1S/C21H24N2O3S2/c24-20(15-26-19-4-2-1-3-18(19)21-27-13-14-28-21)22-16-5-7-17(8-6-16)23-9-11-25-12-10-23/h1-8,21H,9-15H2,(H,22,24). The van der Waals surface area contributed by atoms with E-state index in [0.29, 0.717) is 4.58 Å². The molecule has 0 unspecified atom stereocenters. The number of amides is 1. The number of morpholine rings is 1. The number of thioether (sulfide) groups is 2. The van der Waals surface area contributed by atoms with Crippen LogP contribution in [-0.4, -0.2) is 50.3 Å². The highest BCUT2D eigenvalue weighted by Crippen LogP contribution is 2.48. The highest BCUT2D eigenvalue weighted by Gasteiger charge is 2.22. The van der Waals surface area contributed by atoms with Crippen LogP contribution in [0.15, 0.2) is 48.5 Å². The number of rotatable bonds is 6. The zero-order valence-electron chi connectivity index (χ0n) is 15.6. The molecule has 0 bridgehead atoms. The van der Waals surface area contributed by atoms with Crippen molar-refractivity contribution in [2.45, 2.75) is 4.58 Å². The zero-order chi connectivity index (χ0) is 19.2. The van der Waals surface area contributed by atoms with Gasteiger partial charge in [-0.05, 0) is 30.3 Å². The van der Waals surface area contributed by atoms with E-state index in [-0.39, 0.29) is 12.5 Å². The van der Waals surface area contributed by atoms with Crippen LogP contribution in [0.3, 0.4) is 0 Å². The Balaban J connectivity index is 1.31. The van der Waals surface area contributed by atoms with E-state index in [9.17, 15) is 4.79 Å². The number of nitrogens with zero attached hydrogens (tertiary/aromatic N) is 1. The highest BCUT2D eigenvalue weighted by atomic mass is 32.2. The molecule has 0 saturated carbocycles. The second-order valence-corrected chi connectivity index (χ2v) is 9.32. The number of para-hydroxylation sites is 1. The number of carbonyl (C=O) groups excluding carboxylic acids is 1. The van der Waals surface area contributed by atoms with E-state index in [0.717, 1.165) is 60.5 Å².